The molecule has 0 aromatic heterocycles. The monoisotopic (exact) mass is 497 g/mol. The van der Waals surface area contributed by atoms with Crippen LogP contribution in [0.1, 0.15) is 71.5 Å². The van der Waals surface area contributed by atoms with Crippen LogP contribution >= 0.6 is 0 Å². The summed E-state index contributed by atoms with van der Waals surface area (Å²) in [4.78, 5) is 39.4. The zero-order chi connectivity index (χ0) is 26.9. The molecule has 1 aliphatic heterocycles. The Kier molecular flexibility index (Phi) is 7.62. The van der Waals surface area contributed by atoms with Gasteiger partial charge in [-0.3, -0.25) is 4.79 Å². The van der Waals surface area contributed by atoms with E-state index < -0.39 is 29.6 Å². The zero-order valence-corrected chi connectivity index (χ0v) is 21.0. The van der Waals surface area contributed by atoms with Gasteiger partial charge in [-0.05, 0) is 57.2 Å². The fourth-order valence-corrected chi connectivity index (χ4v) is 4.30. The molecule has 0 radical (unpaired) electrons. The first-order valence-electron chi connectivity index (χ1n) is 11.6. The van der Waals surface area contributed by atoms with E-state index in [-0.39, 0.29) is 70.4 Å². The highest BCUT2D eigenvalue weighted by molar-refractivity contribution is 6.02. The van der Waals surface area contributed by atoms with Crippen molar-refractivity contribution in [2.75, 3.05) is 0 Å². The number of carbonyl (C=O) groups excluding carboxylic acids is 2. The van der Waals surface area contributed by atoms with Crippen molar-refractivity contribution in [2.45, 2.75) is 60.0 Å². The summed E-state index contributed by atoms with van der Waals surface area (Å²) in [6.45, 7) is 8.87. The average Bonchev–Trinajstić information content (AvgIpc) is 3.07. The summed E-state index contributed by atoms with van der Waals surface area (Å²) in [5, 5.41) is 40.7. The van der Waals surface area contributed by atoms with Crippen LogP contribution < -0.4 is 4.74 Å². The number of hydrogen-bond donors (Lipinski definition) is 4. The highest BCUT2D eigenvalue weighted by atomic mass is 16.5. The zero-order valence-electron chi connectivity index (χ0n) is 21.0. The van der Waals surface area contributed by atoms with Gasteiger partial charge in [0.2, 0.25) is 0 Å². The van der Waals surface area contributed by atoms with Crippen LogP contribution in [0.4, 0.5) is 0 Å². The third-order valence-electron chi connectivity index (χ3n) is 6.07. The first kappa shape index (κ1) is 26.6. The number of nitrogens with zero attached hydrogens (tertiary/aromatic N) is 1. The van der Waals surface area contributed by atoms with E-state index >= 15 is 0 Å². The van der Waals surface area contributed by atoms with Gasteiger partial charge in [0, 0.05) is 17.2 Å². The minimum absolute atomic E-state index is 0.0159. The van der Waals surface area contributed by atoms with Crippen molar-refractivity contribution in [3.63, 3.8) is 0 Å². The Labute approximate surface area is 209 Å². The van der Waals surface area contributed by atoms with Crippen LogP contribution in [0.25, 0.3) is 0 Å². The standard InChI is InChI=1S/C27H31NO8/c1-13(2)6-7-17-22(36-27(35)23-15(5)9-16(29)10-21(23)30)11-18-19(24(17)31)12-28(25(18)32)20(26(33)34)8-14(3)4/h6,9-11,14,20,29-31H,7-8,12H2,1-5H3,(H,33,34). The number of aliphatic carboxylic acids is 1. The van der Waals surface area contributed by atoms with E-state index in [1.165, 1.54) is 24.0 Å². The summed E-state index contributed by atoms with van der Waals surface area (Å²) in [6.07, 6.45) is 2.24. The largest absolute Gasteiger partial charge is 0.508 e. The fraction of sp³-hybridized carbons (Fsp3) is 0.370. The molecular formula is C27H31NO8. The number of phenolic OH excluding ortho intramolecular Hbond substituents is 3. The lowest BCUT2D eigenvalue weighted by molar-refractivity contribution is -0.143. The molecule has 1 unspecified atom stereocenters. The van der Waals surface area contributed by atoms with Gasteiger partial charge >= 0.3 is 11.9 Å². The second-order valence-corrected chi connectivity index (χ2v) is 9.68. The van der Waals surface area contributed by atoms with Crippen molar-refractivity contribution in [3.05, 3.63) is 57.7 Å². The third kappa shape index (κ3) is 5.30. The number of benzene rings is 2. The van der Waals surface area contributed by atoms with Crippen LogP contribution in [0.15, 0.2) is 29.8 Å². The molecule has 36 heavy (non-hydrogen) atoms. The van der Waals surface area contributed by atoms with Crippen molar-refractivity contribution in [1.29, 1.82) is 0 Å². The normalized spacial score (nSPS) is 13.5. The molecule has 0 saturated carbocycles. The minimum atomic E-state index is -1.14. The summed E-state index contributed by atoms with van der Waals surface area (Å²) < 4.78 is 5.57. The molecule has 0 spiro atoms. The van der Waals surface area contributed by atoms with E-state index in [9.17, 15) is 34.8 Å². The molecule has 0 aliphatic carbocycles. The lowest BCUT2D eigenvalue weighted by Gasteiger charge is -2.25. The predicted octanol–water partition coefficient (Wildman–Crippen LogP) is 4.29. The molecule has 1 amide bonds. The van der Waals surface area contributed by atoms with Gasteiger partial charge in [0.05, 0.1) is 12.1 Å². The number of aryl methyl sites for hydroxylation is 1. The molecule has 0 fully saturated rings. The summed E-state index contributed by atoms with van der Waals surface area (Å²) >= 11 is 0. The smallest absolute Gasteiger partial charge is 0.347 e. The Morgan fingerprint density at radius 2 is 1.81 bits per heavy atom. The molecule has 192 valence electrons. The van der Waals surface area contributed by atoms with Gasteiger partial charge in [0.1, 0.15) is 34.6 Å². The molecule has 1 aliphatic rings. The Bertz CT molecular complexity index is 1230. The van der Waals surface area contributed by atoms with E-state index in [1.54, 1.807) is 0 Å². The van der Waals surface area contributed by atoms with Crippen molar-refractivity contribution in [2.24, 2.45) is 5.92 Å². The number of esters is 1. The lowest BCUT2D eigenvalue weighted by Crippen LogP contribution is -2.42. The summed E-state index contributed by atoms with van der Waals surface area (Å²) in [6, 6.07) is 2.57. The highest BCUT2D eigenvalue weighted by Gasteiger charge is 2.39. The molecule has 9 heteroatoms. The van der Waals surface area contributed by atoms with Gasteiger partial charge in [-0.25, -0.2) is 9.59 Å². The van der Waals surface area contributed by atoms with Crippen LogP contribution in [0, 0.1) is 12.8 Å². The molecule has 1 heterocycles. The van der Waals surface area contributed by atoms with Crippen LogP contribution in [-0.2, 0) is 17.8 Å². The van der Waals surface area contributed by atoms with Crippen molar-refractivity contribution in [3.8, 4) is 23.0 Å². The molecule has 4 N–H and O–H groups in total. The lowest BCUT2D eigenvalue weighted by atomic mass is 9.99. The Hall–Kier alpha value is -4.01. The third-order valence-corrected chi connectivity index (χ3v) is 6.07. The number of allylic oxidation sites excluding steroid dienone is 2. The molecule has 2 aromatic rings. The number of carboxylic acids is 1. The van der Waals surface area contributed by atoms with Gasteiger partial charge in [-0.2, -0.15) is 0 Å². The van der Waals surface area contributed by atoms with E-state index in [0.717, 1.165) is 11.6 Å². The second kappa shape index (κ2) is 10.3. The summed E-state index contributed by atoms with van der Waals surface area (Å²) in [5.41, 5.74) is 1.63. The summed E-state index contributed by atoms with van der Waals surface area (Å²) in [5.74, 6) is -3.66. The molecule has 2 aromatic carbocycles. The van der Waals surface area contributed by atoms with E-state index in [4.69, 9.17) is 4.74 Å². The Morgan fingerprint density at radius 1 is 1.14 bits per heavy atom. The maximum absolute atomic E-state index is 13.2. The van der Waals surface area contributed by atoms with Gasteiger partial charge in [-0.1, -0.05) is 25.5 Å². The average molecular weight is 498 g/mol. The topological polar surface area (TPSA) is 145 Å². The molecule has 1 atom stereocenters. The molecule has 3 rings (SSSR count). The van der Waals surface area contributed by atoms with Crippen LogP contribution in [0.2, 0.25) is 0 Å². The number of fused-ring (bicyclic) bond motifs is 1. The number of rotatable bonds is 8. The number of phenols is 3. The quantitative estimate of drug-likeness (QED) is 0.240. The van der Waals surface area contributed by atoms with E-state index in [1.807, 2.05) is 33.8 Å². The highest BCUT2D eigenvalue weighted by Crippen LogP contribution is 2.41. The molecule has 0 saturated heterocycles. The second-order valence-electron chi connectivity index (χ2n) is 9.68. The van der Waals surface area contributed by atoms with E-state index in [0.29, 0.717) is 0 Å². The van der Waals surface area contributed by atoms with Crippen molar-refractivity contribution >= 4 is 17.8 Å². The van der Waals surface area contributed by atoms with Crippen LogP contribution in [0.3, 0.4) is 0 Å². The Morgan fingerprint density at radius 3 is 2.36 bits per heavy atom. The molecule has 9 nitrogen and oxygen atoms in total. The number of ether oxygens (including phenoxy) is 1. The number of amides is 1. The first-order chi connectivity index (χ1) is 16.8. The maximum atomic E-state index is 13.2. The number of hydrogen-bond acceptors (Lipinski definition) is 7. The molecular weight excluding hydrogens is 466 g/mol. The summed E-state index contributed by atoms with van der Waals surface area (Å²) in [7, 11) is 0. The number of aromatic hydroxyl groups is 3. The van der Waals surface area contributed by atoms with Crippen LogP contribution in [-0.4, -0.2) is 49.2 Å². The van der Waals surface area contributed by atoms with Gasteiger partial charge in [-0.15, -0.1) is 0 Å². The predicted molar refractivity (Wildman–Crippen MR) is 131 cm³/mol. The van der Waals surface area contributed by atoms with Gasteiger partial charge in [0.15, 0.2) is 0 Å². The minimum Gasteiger partial charge on any atom is -0.508 e. The Balaban J connectivity index is 2.09. The van der Waals surface area contributed by atoms with Gasteiger partial charge < -0.3 is 30.1 Å². The van der Waals surface area contributed by atoms with E-state index in [2.05, 4.69) is 0 Å². The number of carbonyl (C=O) groups is 3. The fourth-order valence-electron chi connectivity index (χ4n) is 4.30. The van der Waals surface area contributed by atoms with Crippen molar-refractivity contribution in [1.82, 2.24) is 4.90 Å². The van der Waals surface area contributed by atoms with Crippen molar-refractivity contribution < 1.29 is 39.5 Å². The molecule has 0 bridgehead atoms. The SMILES string of the molecule is CC(C)=CCc1c(OC(=O)c2c(C)cc(O)cc2O)cc2c(c1O)CN(C(CC(C)C)C(=O)O)C2=O. The van der Waals surface area contributed by atoms with Crippen LogP contribution in [0.5, 0.6) is 23.0 Å². The first-order valence-corrected chi connectivity index (χ1v) is 11.6. The number of carboxylic acid groups (broad SMARTS) is 1. The van der Waals surface area contributed by atoms with Gasteiger partial charge in [0.25, 0.3) is 5.91 Å². The maximum Gasteiger partial charge on any atom is 0.347 e.